The fourth-order valence-corrected chi connectivity index (χ4v) is 1.85. The summed E-state index contributed by atoms with van der Waals surface area (Å²) in [5, 5.41) is 0.565. The minimum absolute atomic E-state index is 0.108. The first kappa shape index (κ1) is 12.2. The van der Waals surface area contributed by atoms with Gasteiger partial charge < -0.3 is 9.74 Å². The Morgan fingerprint density at radius 3 is 2.12 bits per heavy atom. The van der Waals surface area contributed by atoms with Crippen molar-refractivity contribution in [3.8, 4) is 0 Å². The smallest absolute Gasteiger partial charge is 0.311 e. The molecular weight excluding hydrogens is 246 g/mol. The second-order valence-electron chi connectivity index (χ2n) is 3.88. The standard InChI is InChI=1S/C9H13N3O4S/c13-7-1-2-8(14)12(7)16-9(15)10-3-5-11(17)6-4-10/h17H,1-6H2. The van der Waals surface area contributed by atoms with Gasteiger partial charge in [-0.25, -0.2) is 9.10 Å². The van der Waals surface area contributed by atoms with Gasteiger partial charge in [-0.3, -0.25) is 9.59 Å². The summed E-state index contributed by atoms with van der Waals surface area (Å²) in [5.41, 5.74) is 0. The Morgan fingerprint density at radius 1 is 1.06 bits per heavy atom. The third-order valence-electron chi connectivity index (χ3n) is 2.69. The van der Waals surface area contributed by atoms with E-state index in [9.17, 15) is 14.4 Å². The maximum Gasteiger partial charge on any atom is 0.434 e. The average molecular weight is 259 g/mol. The molecular formula is C9H13N3O4S. The number of hydrogen-bond donors (Lipinski definition) is 1. The molecule has 7 nitrogen and oxygen atoms in total. The summed E-state index contributed by atoms with van der Waals surface area (Å²) < 4.78 is 1.79. The van der Waals surface area contributed by atoms with Gasteiger partial charge in [0, 0.05) is 39.0 Å². The topological polar surface area (TPSA) is 70.2 Å². The van der Waals surface area contributed by atoms with E-state index in [4.69, 9.17) is 4.84 Å². The van der Waals surface area contributed by atoms with Crippen molar-refractivity contribution in [2.75, 3.05) is 26.2 Å². The molecule has 2 fully saturated rings. The van der Waals surface area contributed by atoms with E-state index in [1.165, 1.54) is 4.90 Å². The molecule has 0 spiro atoms. The van der Waals surface area contributed by atoms with E-state index in [-0.39, 0.29) is 12.8 Å². The molecule has 17 heavy (non-hydrogen) atoms. The fourth-order valence-electron chi connectivity index (χ4n) is 1.67. The maximum absolute atomic E-state index is 11.7. The molecule has 2 saturated heterocycles. The summed E-state index contributed by atoms with van der Waals surface area (Å²) in [6.45, 7) is 2.19. The summed E-state index contributed by atoms with van der Waals surface area (Å²) in [4.78, 5) is 40.4. The van der Waals surface area contributed by atoms with Crippen LogP contribution in [-0.2, 0) is 14.4 Å². The van der Waals surface area contributed by atoms with Gasteiger partial charge in [0.25, 0.3) is 11.8 Å². The highest BCUT2D eigenvalue weighted by Crippen LogP contribution is 2.14. The van der Waals surface area contributed by atoms with Crippen LogP contribution in [0.25, 0.3) is 0 Å². The molecule has 0 unspecified atom stereocenters. The van der Waals surface area contributed by atoms with Crippen molar-refractivity contribution in [2.24, 2.45) is 0 Å². The van der Waals surface area contributed by atoms with Crippen molar-refractivity contribution in [1.82, 2.24) is 14.3 Å². The van der Waals surface area contributed by atoms with E-state index in [2.05, 4.69) is 12.8 Å². The van der Waals surface area contributed by atoms with Crippen molar-refractivity contribution in [3.63, 3.8) is 0 Å². The van der Waals surface area contributed by atoms with Crippen LogP contribution in [0.1, 0.15) is 12.8 Å². The van der Waals surface area contributed by atoms with Crippen LogP contribution in [0.15, 0.2) is 0 Å². The van der Waals surface area contributed by atoms with Crippen molar-refractivity contribution in [3.05, 3.63) is 0 Å². The Morgan fingerprint density at radius 2 is 1.59 bits per heavy atom. The summed E-state index contributed by atoms with van der Waals surface area (Å²) in [5.74, 6) is -0.924. The molecule has 2 aliphatic rings. The number of thiol groups is 1. The monoisotopic (exact) mass is 259 g/mol. The predicted octanol–water partition coefficient (Wildman–Crippen LogP) is -0.351. The number of nitrogens with zero attached hydrogens (tertiary/aromatic N) is 3. The summed E-state index contributed by atoms with van der Waals surface area (Å²) in [6.07, 6.45) is -0.442. The molecule has 0 aromatic heterocycles. The highest BCUT2D eigenvalue weighted by atomic mass is 32.1. The fraction of sp³-hybridized carbons (Fsp3) is 0.667. The van der Waals surface area contributed by atoms with E-state index in [1.54, 1.807) is 4.31 Å². The summed E-state index contributed by atoms with van der Waals surface area (Å²) in [7, 11) is 0. The third-order valence-corrected chi connectivity index (χ3v) is 3.09. The minimum Gasteiger partial charge on any atom is -0.311 e. The first-order valence-corrected chi connectivity index (χ1v) is 5.74. The zero-order valence-electron chi connectivity index (χ0n) is 9.16. The lowest BCUT2D eigenvalue weighted by atomic mass is 10.4. The average Bonchev–Trinajstić information content (AvgIpc) is 2.61. The second kappa shape index (κ2) is 4.92. The zero-order chi connectivity index (χ0) is 12.4. The van der Waals surface area contributed by atoms with Gasteiger partial charge >= 0.3 is 6.09 Å². The van der Waals surface area contributed by atoms with Crippen LogP contribution in [0.3, 0.4) is 0 Å². The number of imide groups is 1. The van der Waals surface area contributed by atoms with E-state index in [0.717, 1.165) is 0 Å². The van der Waals surface area contributed by atoms with E-state index >= 15 is 0 Å². The molecule has 2 heterocycles. The number of piperazine rings is 1. The summed E-state index contributed by atoms with van der Waals surface area (Å²) >= 11 is 4.15. The maximum atomic E-state index is 11.7. The molecule has 2 aliphatic heterocycles. The molecule has 94 valence electrons. The number of hydrogen-bond acceptors (Lipinski definition) is 6. The number of carbonyl (C=O) groups is 3. The molecule has 0 aliphatic carbocycles. The highest BCUT2D eigenvalue weighted by molar-refractivity contribution is 7.77. The van der Waals surface area contributed by atoms with Crippen LogP contribution in [-0.4, -0.2) is 58.4 Å². The molecule has 0 bridgehead atoms. The van der Waals surface area contributed by atoms with Crippen molar-refractivity contribution >= 4 is 30.7 Å². The Balaban J connectivity index is 1.88. The van der Waals surface area contributed by atoms with Gasteiger partial charge in [0.2, 0.25) is 0 Å². The minimum atomic E-state index is -0.657. The second-order valence-corrected chi connectivity index (χ2v) is 4.45. The van der Waals surface area contributed by atoms with Crippen molar-refractivity contribution < 1.29 is 19.2 Å². The third kappa shape index (κ3) is 2.70. The van der Waals surface area contributed by atoms with Gasteiger partial charge in [0.15, 0.2) is 0 Å². The Labute approximate surface area is 104 Å². The van der Waals surface area contributed by atoms with Gasteiger partial charge in [0.1, 0.15) is 0 Å². The van der Waals surface area contributed by atoms with Gasteiger partial charge in [-0.1, -0.05) is 12.8 Å². The van der Waals surface area contributed by atoms with Gasteiger partial charge in [-0.05, 0) is 0 Å². The van der Waals surface area contributed by atoms with E-state index in [0.29, 0.717) is 31.2 Å². The molecule has 0 aromatic rings. The lowest BCUT2D eigenvalue weighted by Crippen LogP contribution is -2.48. The van der Waals surface area contributed by atoms with Crippen LogP contribution in [0, 0.1) is 0 Å². The van der Waals surface area contributed by atoms with Crippen LogP contribution < -0.4 is 0 Å². The highest BCUT2D eigenvalue weighted by Gasteiger charge is 2.34. The zero-order valence-corrected chi connectivity index (χ0v) is 10.1. The van der Waals surface area contributed by atoms with E-state index in [1.807, 2.05) is 0 Å². The summed E-state index contributed by atoms with van der Waals surface area (Å²) in [6, 6.07) is 0. The van der Waals surface area contributed by atoms with E-state index < -0.39 is 17.9 Å². The Bertz CT molecular complexity index is 338. The number of carbonyl (C=O) groups excluding carboxylic acids is 3. The number of amides is 3. The SMILES string of the molecule is O=C(ON1C(=O)CCC1=O)N1CCN(S)CC1. The molecule has 0 N–H and O–H groups in total. The van der Waals surface area contributed by atoms with Gasteiger partial charge in [0.05, 0.1) is 0 Å². The van der Waals surface area contributed by atoms with Crippen LogP contribution >= 0.6 is 12.8 Å². The molecule has 0 atom stereocenters. The molecule has 0 aromatic carbocycles. The number of hydroxylamine groups is 2. The predicted molar refractivity (Wildman–Crippen MR) is 59.7 cm³/mol. The van der Waals surface area contributed by atoms with Crippen molar-refractivity contribution in [2.45, 2.75) is 12.8 Å². The van der Waals surface area contributed by atoms with Gasteiger partial charge in [-0.2, -0.15) is 0 Å². The largest absolute Gasteiger partial charge is 0.434 e. The van der Waals surface area contributed by atoms with Crippen molar-refractivity contribution in [1.29, 1.82) is 0 Å². The molecule has 3 amide bonds. The molecule has 0 saturated carbocycles. The molecule has 8 heteroatoms. The normalized spacial score (nSPS) is 22.2. The lowest BCUT2D eigenvalue weighted by molar-refractivity contribution is -0.173. The van der Waals surface area contributed by atoms with Gasteiger partial charge in [-0.15, -0.1) is 5.06 Å². The lowest BCUT2D eigenvalue weighted by Gasteiger charge is -2.31. The Hall–Kier alpha value is -1.28. The van der Waals surface area contributed by atoms with Crippen LogP contribution in [0.4, 0.5) is 4.79 Å². The Kier molecular flexibility index (Phi) is 3.53. The quantitative estimate of drug-likeness (QED) is 0.515. The first-order chi connectivity index (χ1) is 8.08. The van der Waals surface area contributed by atoms with Crippen LogP contribution in [0.5, 0.6) is 0 Å². The van der Waals surface area contributed by atoms with Crippen LogP contribution in [0.2, 0.25) is 0 Å². The number of rotatable bonds is 1. The first-order valence-electron chi connectivity index (χ1n) is 5.34. The molecule has 0 radical (unpaired) electrons. The molecule has 2 rings (SSSR count).